The predicted molar refractivity (Wildman–Crippen MR) is 61.6 cm³/mol. The molecule has 1 aliphatic rings. The van der Waals surface area contributed by atoms with Gasteiger partial charge in [-0.15, -0.1) is 0 Å². The highest BCUT2D eigenvalue weighted by Crippen LogP contribution is 2.25. The molecule has 2 rings (SSSR count). The van der Waals surface area contributed by atoms with Gasteiger partial charge in [0.2, 0.25) is 0 Å². The predicted octanol–water partition coefficient (Wildman–Crippen LogP) is -0.348. The number of amidine groups is 1. The number of benzene rings is 1. The minimum Gasteiger partial charge on any atom is -0.389 e. The lowest BCUT2D eigenvalue weighted by Gasteiger charge is -2.20. The monoisotopic (exact) mass is 239 g/mol. The summed E-state index contributed by atoms with van der Waals surface area (Å²) < 4.78 is 13.1. The van der Waals surface area contributed by atoms with Crippen molar-refractivity contribution in [1.29, 1.82) is 5.41 Å². The molecule has 5 nitrogen and oxygen atoms in total. The number of anilines is 1. The first-order valence-corrected chi connectivity index (χ1v) is 5.24. The fourth-order valence-electron chi connectivity index (χ4n) is 1.97. The molecule has 0 saturated carbocycles. The first-order valence-electron chi connectivity index (χ1n) is 5.24. The lowest BCUT2D eigenvalue weighted by Crippen LogP contribution is -2.25. The smallest absolute Gasteiger partial charge is 0.125 e. The summed E-state index contributed by atoms with van der Waals surface area (Å²) in [6.07, 6.45) is -1.67. The summed E-state index contributed by atoms with van der Waals surface area (Å²) in [4.78, 5) is 1.69. The molecule has 0 bridgehead atoms. The molecular weight excluding hydrogens is 225 g/mol. The number of hydrogen-bond acceptors (Lipinski definition) is 4. The summed E-state index contributed by atoms with van der Waals surface area (Å²) >= 11 is 0. The Kier molecular flexibility index (Phi) is 2.99. The number of nitrogens with zero attached hydrogens (tertiary/aromatic N) is 1. The van der Waals surface area contributed by atoms with Crippen LogP contribution in [-0.2, 0) is 0 Å². The number of nitrogens with one attached hydrogen (secondary N) is 1. The van der Waals surface area contributed by atoms with Crippen molar-refractivity contribution in [3.63, 3.8) is 0 Å². The average Bonchev–Trinajstić information content (AvgIpc) is 2.59. The van der Waals surface area contributed by atoms with Crippen molar-refractivity contribution < 1.29 is 14.6 Å². The molecule has 6 heteroatoms. The van der Waals surface area contributed by atoms with Gasteiger partial charge in [-0.25, -0.2) is 4.39 Å². The van der Waals surface area contributed by atoms with Crippen LogP contribution in [0.25, 0.3) is 0 Å². The second-order valence-corrected chi connectivity index (χ2v) is 4.11. The Morgan fingerprint density at radius 2 is 1.94 bits per heavy atom. The minimum atomic E-state index is -0.833. The molecule has 2 unspecified atom stereocenters. The maximum atomic E-state index is 13.1. The van der Waals surface area contributed by atoms with Crippen molar-refractivity contribution in [3.8, 4) is 0 Å². The Hall–Kier alpha value is -1.66. The minimum absolute atomic E-state index is 0.240. The summed E-state index contributed by atoms with van der Waals surface area (Å²) in [6, 6.07) is 3.93. The first kappa shape index (κ1) is 11.8. The molecule has 0 aliphatic carbocycles. The fourth-order valence-corrected chi connectivity index (χ4v) is 1.97. The first-order chi connectivity index (χ1) is 7.99. The van der Waals surface area contributed by atoms with Gasteiger partial charge in [-0.3, -0.25) is 5.41 Å². The van der Waals surface area contributed by atoms with Crippen molar-refractivity contribution in [3.05, 3.63) is 29.6 Å². The molecule has 1 aliphatic heterocycles. The zero-order valence-corrected chi connectivity index (χ0v) is 9.10. The van der Waals surface area contributed by atoms with Crippen LogP contribution in [0, 0.1) is 11.2 Å². The van der Waals surface area contributed by atoms with Gasteiger partial charge in [-0.2, -0.15) is 0 Å². The maximum absolute atomic E-state index is 13.1. The van der Waals surface area contributed by atoms with Crippen LogP contribution >= 0.6 is 0 Å². The molecule has 0 aromatic heterocycles. The molecule has 1 saturated heterocycles. The Balaban J connectivity index is 2.36. The molecule has 5 N–H and O–H groups in total. The van der Waals surface area contributed by atoms with Crippen molar-refractivity contribution >= 4 is 11.5 Å². The summed E-state index contributed by atoms with van der Waals surface area (Å²) in [5.41, 5.74) is 6.21. The third kappa shape index (κ3) is 2.22. The second kappa shape index (κ2) is 4.31. The molecule has 1 heterocycles. The van der Waals surface area contributed by atoms with E-state index in [-0.39, 0.29) is 24.5 Å². The number of hydrogen-bond donors (Lipinski definition) is 4. The van der Waals surface area contributed by atoms with Crippen molar-refractivity contribution in [2.24, 2.45) is 5.73 Å². The third-order valence-corrected chi connectivity index (χ3v) is 2.85. The highest BCUT2D eigenvalue weighted by molar-refractivity contribution is 6.00. The van der Waals surface area contributed by atoms with Crippen molar-refractivity contribution in [2.45, 2.75) is 12.2 Å². The summed E-state index contributed by atoms with van der Waals surface area (Å²) in [7, 11) is 0. The molecular formula is C11H14FN3O2. The van der Waals surface area contributed by atoms with Crippen LogP contribution in [0.2, 0.25) is 0 Å². The Morgan fingerprint density at radius 1 is 1.35 bits per heavy atom. The highest BCUT2D eigenvalue weighted by Gasteiger charge is 2.31. The number of nitrogens with two attached hydrogens (primary N) is 1. The van der Waals surface area contributed by atoms with Gasteiger partial charge in [0, 0.05) is 24.3 Å². The van der Waals surface area contributed by atoms with E-state index in [2.05, 4.69) is 0 Å². The van der Waals surface area contributed by atoms with Crippen LogP contribution in [0.3, 0.4) is 0 Å². The normalized spacial score (nSPS) is 24.1. The lowest BCUT2D eigenvalue weighted by molar-refractivity contribution is 0.0572. The van der Waals surface area contributed by atoms with Gasteiger partial charge in [0.15, 0.2) is 0 Å². The Morgan fingerprint density at radius 3 is 2.47 bits per heavy atom. The standard InChI is InChI=1S/C11H14FN3O2/c12-6-1-2-8(7(3-6)11(13)14)15-4-9(16)10(17)5-15/h1-3,9-10,16-17H,4-5H2,(H3,13,14). The average molecular weight is 239 g/mol. The molecule has 0 amide bonds. The number of β-amino-alcohol motifs (C(OH)–C–C–N with tert-alkyl or cyclic N) is 2. The number of aliphatic hydroxyl groups is 2. The number of halogens is 1. The van der Waals surface area contributed by atoms with Gasteiger partial charge in [-0.1, -0.05) is 0 Å². The number of nitrogen functional groups attached to an aromatic ring is 1. The molecule has 17 heavy (non-hydrogen) atoms. The van der Waals surface area contributed by atoms with Gasteiger partial charge in [0.1, 0.15) is 11.7 Å². The zero-order chi connectivity index (χ0) is 12.6. The lowest BCUT2D eigenvalue weighted by atomic mass is 10.1. The molecule has 2 atom stereocenters. The van der Waals surface area contributed by atoms with Crippen LogP contribution in [0.4, 0.5) is 10.1 Å². The Labute approximate surface area is 97.8 Å². The van der Waals surface area contributed by atoms with E-state index in [0.29, 0.717) is 5.69 Å². The topological polar surface area (TPSA) is 93.6 Å². The maximum Gasteiger partial charge on any atom is 0.125 e. The van der Waals surface area contributed by atoms with Crippen LogP contribution < -0.4 is 10.6 Å². The highest BCUT2D eigenvalue weighted by atomic mass is 19.1. The van der Waals surface area contributed by atoms with Crippen LogP contribution in [0.15, 0.2) is 18.2 Å². The molecule has 92 valence electrons. The summed E-state index contributed by atoms with van der Waals surface area (Å²) in [5, 5.41) is 26.3. The summed E-state index contributed by atoms with van der Waals surface area (Å²) in [5.74, 6) is -0.713. The van der Waals surface area contributed by atoms with Crippen LogP contribution in [0.1, 0.15) is 5.56 Å². The molecule has 1 aromatic carbocycles. The third-order valence-electron chi connectivity index (χ3n) is 2.85. The largest absolute Gasteiger partial charge is 0.389 e. The van der Waals surface area contributed by atoms with E-state index in [1.807, 2.05) is 0 Å². The molecule has 0 radical (unpaired) electrons. The Bertz CT molecular complexity index is 442. The van der Waals surface area contributed by atoms with E-state index in [1.54, 1.807) is 4.90 Å². The van der Waals surface area contributed by atoms with E-state index >= 15 is 0 Å². The quantitative estimate of drug-likeness (QED) is 0.419. The van der Waals surface area contributed by atoms with Gasteiger partial charge < -0.3 is 20.8 Å². The van der Waals surface area contributed by atoms with Gasteiger partial charge >= 0.3 is 0 Å². The number of rotatable bonds is 2. The van der Waals surface area contributed by atoms with Gasteiger partial charge in [-0.05, 0) is 18.2 Å². The van der Waals surface area contributed by atoms with Crippen molar-refractivity contribution in [1.82, 2.24) is 0 Å². The van der Waals surface area contributed by atoms with Crippen LogP contribution in [-0.4, -0.2) is 41.3 Å². The molecule has 1 aromatic rings. The van der Waals surface area contributed by atoms with E-state index in [1.165, 1.54) is 18.2 Å². The molecule has 0 spiro atoms. The number of aliphatic hydroxyl groups excluding tert-OH is 2. The molecule has 1 fully saturated rings. The zero-order valence-electron chi connectivity index (χ0n) is 9.10. The second-order valence-electron chi connectivity index (χ2n) is 4.11. The SMILES string of the molecule is N=C(N)c1cc(F)ccc1N1CC(O)C(O)C1. The van der Waals surface area contributed by atoms with Gasteiger partial charge in [0.05, 0.1) is 12.2 Å². The van der Waals surface area contributed by atoms with Gasteiger partial charge in [0.25, 0.3) is 0 Å². The van der Waals surface area contributed by atoms with E-state index in [4.69, 9.17) is 11.1 Å². The summed E-state index contributed by atoms with van der Waals surface area (Å²) in [6.45, 7) is 0.486. The van der Waals surface area contributed by atoms with Crippen LogP contribution in [0.5, 0.6) is 0 Å². The van der Waals surface area contributed by atoms with E-state index in [0.717, 1.165) is 0 Å². The van der Waals surface area contributed by atoms with E-state index in [9.17, 15) is 14.6 Å². The van der Waals surface area contributed by atoms with E-state index < -0.39 is 18.0 Å². The van der Waals surface area contributed by atoms with Crippen molar-refractivity contribution in [2.75, 3.05) is 18.0 Å². The fraction of sp³-hybridized carbons (Fsp3) is 0.364.